The van der Waals surface area contributed by atoms with Crippen LogP contribution in [0.2, 0.25) is 0 Å². The lowest BCUT2D eigenvalue weighted by atomic mass is 10.2. The Kier molecular flexibility index (Phi) is 9.28. The molecule has 8 heteroatoms. The van der Waals surface area contributed by atoms with E-state index in [9.17, 15) is 13.6 Å². The van der Waals surface area contributed by atoms with Crippen molar-refractivity contribution < 1.29 is 18.3 Å². The van der Waals surface area contributed by atoms with Gasteiger partial charge in [-0.25, -0.2) is 4.99 Å². The van der Waals surface area contributed by atoms with Crippen LogP contribution in [-0.2, 0) is 11.3 Å². The molecule has 0 aliphatic rings. The van der Waals surface area contributed by atoms with Crippen LogP contribution in [0.5, 0.6) is 5.75 Å². The minimum Gasteiger partial charge on any atom is -0.435 e. The fraction of sp³-hybridized carbons (Fsp3) is 0.529. The summed E-state index contributed by atoms with van der Waals surface area (Å²) in [6.07, 6.45) is 0.876. The molecule has 1 aromatic rings. The van der Waals surface area contributed by atoms with Gasteiger partial charge in [0.15, 0.2) is 5.96 Å². The highest BCUT2D eigenvalue weighted by Gasteiger charge is 2.09. The maximum Gasteiger partial charge on any atom is 0.387 e. The number of alkyl halides is 2. The van der Waals surface area contributed by atoms with Crippen molar-refractivity contribution in [3.63, 3.8) is 0 Å². The third kappa shape index (κ3) is 8.32. The van der Waals surface area contributed by atoms with Crippen LogP contribution >= 0.6 is 0 Å². The van der Waals surface area contributed by atoms with Gasteiger partial charge in [0.2, 0.25) is 5.91 Å². The van der Waals surface area contributed by atoms with Gasteiger partial charge in [-0.05, 0) is 31.0 Å². The van der Waals surface area contributed by atoms with Crippen molar-refractivity contribution in [1.82, 2.24) is 15.5 Å². The summed E-state index contributed by atoms with van der Waals surface area (Å²) in [6, 6.07) is 6.42. The zero-order valence-corrected chi connectivity index (χ0v) is 14.9. The van der Waals surface area contributed by atoms with E-state index in [1.807, 2.05) is 25.8 Å². The van der Waals surface area contributed by atoms with E-state index in [0.717, 1.165) is 12.0 Å². The van der Waals surface area contributed by atoms with Crippen molar-refractivity contribution >= 4 is 11.9 Å². The quantitative estimate of drug-likeness (QED) is 0.526. The van der Waals surface area contributed by atoms with Gasteiger partial charge >= 0.3 is 6.61 Å². The maximum atomic E-state index is 12.2. The second kappa shape index (κ2) is 11.2. The van der Waals surface area contributed by atoms with Crippen LogP contribution in [0, 0.1) is 0 Å². The molecule has 25 heavy (non-hydrogen) atoms. The summed E-state index contributed by atoms with van der Waals surface area (Å²) in [7, 11) is 1.84. The average Bonchev–Trinajstić information content (AvgIpc) is 2.57. The predicted molar refractivity (Wildman–Crippen MR) is 93.8 cm³/mol. The Morgan fingerprint density at radius 3 is 2.48 bits per heavy atom. The van der Waals surface area contributed by atoms with Gasteiger partial charge in [-0.2, -0.15) is 8.78 Å². The molecule has 0 saturated carbocycles. The molecular formula is C17H26F2N4O2. The molecule has 0 spiro atoms. The van der Waals surface area contributed by atoms with E-state index in [2.05, 4.69) is 20.4 Å². The van der Waals surface area contributed by atoms with Crippen LogP contribution in [0.1, 0.15) is 25.8 Å². The topological polar surface area (TPSA) is 66.0 Å². The lowest BCUT2D eigenvalue weighted by Crippen LogP contribution is -2.39. The third-order valence-corrected chi connectivity index (χ3v) is 3.21. The molecule has 0 radical (unpaired) electrons. The molecule has 1 aromatic carbocycles. The second-order valence-electron chi connectivity index (χ2n) is 5.40. The molecule has 2 N–H and O–H groups in total. The Bertz CT molecular complexity index is 550. The number of rotatable bonds is 9. The Hall–Kier alpha value is -2.38. The van der Waals surface area contributed by atoms with E-state index in [0.29, 0.717) is 25.6 Å². The van der Waals surface area contributed by atoms with Crippen LogP contribution in [0.3, 0.4) is 0 Å². The van der Waals surface area contributed by atoms with E-state index < -0.39 is 6.61 Å². The zero-order valence-electron chi connectivity index (χ0n) is 14.9. The van der Waals surface area contributed by atoms with Gasteiger partial charge in [0.25, 0.3) is 0 Å². The lowest BCUT2D eigenvalue weighted by Gasteiger charge is -2.22. The standard InChI is InChI=1S/C17H26F2N4O2/c1-4-10-21-15(24)11-22-17(20-5-2)23(3)12-13-6-8-14(9-7-13)25-16(18)19/h6-9,16H,4-5,10-12H2,1-3H3,(H,20,22)(H,21,24). The van der Waals surface area contributed by atoms with E-state index in [4.69, 9.17) is 0 Å². The molecule has 0 bridgehead atoms. The second-order valence-corrected chi connectivity index (χ2v) is 5.40. The largest absolute Gasteiger partial charge is 0.435 e. The SMILES string of the molecule is CCCNC(=O)CN=C(NCC)N(C)Cc1ccc(OC(F)F)cc1. The molecule has 0 aromatic heterocycles. The molecular weight excluding hydrogens is 330 g/mol. The van der Waals surface area contributed by atoms with Gasteiger partial charge in [-0.15, -0.1) is 0 Å². The Balaban J connectivity index is 2.65. The van der Waals surface area contributed by atoms with E-state index >= 15 is 0 Å². The highest BCUT2D eigenvalue weighted by atomic mass is 19.3. The van der Waals surface area contributed by atoms with E-state index in [-0.39, 0.29) is 18.2 Å². The van der Waals surface area contributed by atoms with Crippen LogP contribution in [0.4, 0.5) is 8.78 Å². The van der Waals surface area contributed by atoms with E-state index in [1.54, 1.807) is 12.1 Å². The molecule has 0 fully saturated rings. The van der Waals surface area contributed by atoms with Crippen molar-refractivity contribution in [3.05, 3.63) is 29.8 Å². The summed E-state index contributed by atoms with van der Waals surface area (Å²) in [4.78, 5) is 17.9. The lowest BCUT2D eigenvalue weighted by molar-refractivity contribution is -0.119. The minimum atomic E-state index is -2.83. The summed E-state index contributed by atoms with van der Waals surface area (Å²) in [5.41, 5.74) is 0.908. The number of carbonyl (C=O) groups excluding carboxylic acids is 1. The van der Waals surface area contributed by atoms with Crippen LogP contribution in [0.15, 0.2) is 29.3 Å². The molecule has 6 nitrogen and oxygen atoms in total. The average molecular weight is 356 g/mol. The third-order valence-electron chi connectivity index (χ3n) is 3.21. The molecule has 1 rings (SSSR count). The van der Waals surface area contributed by atoms with E-state index in [1.165, 1.54) is 12.1 Å². The van der Waals surface area contributed by atoms with Gasteiger partial charge in [0.05, 0.1) is 0 Å². The van der Waals surface area contributed by atoms with Gasteiger partial charge in [0.1, 0.15) is 12.3 Å². The number of nitrogens with one attached hydrogen (secondary N) is 2. The van der Waals surface area contributed by atoms with Crippen molar-refractivity contribution in [2.75, 3.05) is 26.7 Å². The number of amides is 1. The smallest absolute Gasteiger partial charge is 0.387 e. The highest BCUT2D eigenvalue weighted by Crippen LogP contribution is 2.15. The summed E-state index contributed by atoms with van der Waals surface area (Å²) in [5.74, 6) is 0.593. The van der Waals surface area contributed by atoms with Gasteiger partial charge in [0, 0.05) is 26.7 Å². The summed E-state index contributed by atoms with van der Waals surface area (Å²) in [5, 5.41) is 5.90. The van der Waals surface area contributed by atoms with Gasteiger partial charge < -0.3 is 20.3 Å². The first-order valence-electron chi connectivity index (χ1n) is 8.26. The molecule has 1 amide bonds. The fourth-order valence-electron chi connectivity index (χ4n) is 2.06. The van der Waals surface area contributed by atoms with Crippen molar-refractivity contribution in [2.24, 2.45) is 4.99 Å². The summed E-state index contributed by atoms with van der Waals surface area (Å²) in [6.45, 7) is 2.95. The van der Waals surface area contributed by atoms with Crippen LogP contribution < -0.4 is 15.4 Å². The first-order valence-corrected chi connectivity index (χ1v) is 8.26. The molecule has 0 heterocycles. The number of hydrogen-bond acceptors (Lipinski definition) is 3. The van der Waals surface area contributed by atoms with Crippen LogP contribution in [0.25, 0.3) is 0 Å². The number of carbonyl (C=O) groups is 1. The summed E-state index contributed by atoms with van der Waals surface area (Å²) >= 11 is 0. The monoisotopic (exact) mass is 356 g/mol. The number of halogens is 2. The molecule has 0 atom stereocenters. The molecule has 0 aliphatic heterocycles. The summed E-state index contributed by atoms with van der Waals surface area (Å²) < 4.78 is 28.7. The van der Waals surface area contributed by atoms with Crippen molar-refractivity contribution in [3.8, 4) is 5.75 Å². The molecule has 140 valence electrons. The van der Waals surface area contributed by atoms with Crippen LogP contribution in [-0.4, -0.2) is 50.1 Å². The van der Waals surface area contributed by atoms with Crippen molar-refractivity contribution in [1.29, 1.82) is 0 Å². The maximum absolute atomic E-state index is 12.2. The van der Waals surface area contributed by atoms with Gasteiger partial charge in [-0.3, -0.25) is 4.79 Å². The highest BCUT2D eigenvalue weighted by molar-refractivity contribution is 5.84. The number of ether oxygens (including phenoxy) is 1. The zero-order chi connectivity index (χ0) is 18.7. The number of benzene rings is 1. The predicted octanol–water partition coefficient (Wildman–Crippen LogP) is 2.21. The number of aliphatic imine (C=N–C) groups is 1. The number of hydrogen-bond donors (Lipinski definition) is 2. The van der Waals surface area contributed by atoms with Crippen molar-refractivity contribution in [2.45, 2.75) is 33.4 Å². The first-order chi connectivity index (χ1) is 12.0. The molecule has 0 aliphatic carbocycles. The van der Waals surface area contributed by atoms with Gasteiger partial charge in [-0.1, -0.05) is 19.1 Å². The number of nitrogens with zero attached hydrogens (tertiary/aromatic N) is 2. The number of guanidine groups is 1. The first kappa shape index (κ1) is 20.7. The Labute approximate surface area is 147 Å². The fourth-order valence-corrected chi connectivity index (χ4v) is 2.06. The Morgan fingerprint density at radius 1 is 1.24 bits per heavy atom. The molecule has 0 unspecified atom stereocenters. The Morgan fingerprint density at radius 2 is 1.92 bits per heavy atom. The normalized spacial score (nSPS) is 11.4. The molecule has 0 saturated heterocycles. The minimum absolute atomic E-state index is 0.0494.